The molecule has 0 amide bonds. The Morgan fingerprint density at radius 3 is 2.80 bits per heavy atom. The van der Waals surface area contributed by atoms with Gasteiger partial charge in [0.25, 0.3) is 0 Å². The summed E-state index contributed by atoms with van der Waals surface area (Å²) in [5.41, 5.74) is 0. The Bertz CT molecular complexity index is 571. The third kappa shape index (κ3) is 4.14. The van der Waals surface area contributed by atoms with Crippen LogP contribution in [0.15, 0.2) is 27.6 Å². The molecule has 8 heteroatoms. The van der Waals surface area contributed by atoms with Gasteiger partial charge >= 0.3 is 0 Å². The van der Waals surface area contributed by atoms with Crippen LogP contribution in [-0.2, 0) is 10.0 Å². The molecule has 1 fully saturated rings. The quantitative estimate of drug-likeness (QED) is 0.837. The maximum absolute atomic E-state index is 13.8. The first-order valence-electron chi connectivity index (χ1n) is 6.10. The number of halogens is 3. The number of nitrogens with one attached hydrogen (secondary N) is 2. The first-order chi connectivity index (χ1) is 8.90. The molecule has 4 nitrogen and oxygen atoms in total. The van der Waals surface area contributed by atoms with Crippen LogP contribution >= 0.6 is 28.3 Å². The molecular formula is C12H17BrClFN2O2S. The Hall–Kier alpha value is -0.210. The summed E-state index contributed by atoms with van der Waals surface area (Å²) < 4.78 is 41.0. The van der Waals surface area contributed by atoms with Gasteiger partial charge in [-0.15, -0.1) is 12.4 Å². The second-order valence-electron chi connectivity index (χ2n) is 4.75. The van der Waals surface area contributed by atoms with Crippen molar-refractivity contribution in [3.63, 3.8) is 0 Å². The minimum Gasteiger partial charge on any atom is -0.314 e. The van der Waals surface area contributed by atoms with Crippen molar-refractivity contribution >= 4 is 38.4 Å². The highest BCUT2D eigenvalue weighted by Gasteiger charge is 2.26. The van der Waals surface area contributed by atoms with E-state index in [1.54, 1.807) is 0 Å². The van der Waals surface area contributed by atoms with E-state index in [0.29, 0.717) is 12.8 Å². The van der Waals surface area contributed by atoms with Crippen LogP contribution in [-0.4, -0.2) is 27.0 Å². The summed E-state index contributed by atoms with van der Waals surface area (Å²) in [6.07, 6.45) is 1.41. The monoisotopic (exact) mass is 386 g/mol. The number of piperidine rings is 1. The average Bonchev–Trinajstić information content (AvgIpc) is 2.32. The summed E-state index contributed by atoms with van der Waals surface area (Å²) in [4.78, 5) is -0.312. The second kappa shape index (κ2) is 7.17. The molecule has 2 rings (SSSR count). The van der Waals surface area contributed by atoms with Crippen LogP contribution in [0.25, 0.3) is 0 Å². The fourth-order valence-corrected chi connectivity index (χ4v) is 4.09. The highest BCUT2D eigenvalue weighted by molar-refractivity contribution is 9.10. The van der Waals surface area contributed by atoms with Gasteiger partial charge in [-0.3, -0.25) is 0 Å². The molecule has 1 aromatic carbocycles. The Labute approximate surface area is 133 Å². The van der Waals surface area contributed by atoms with E-state index in [0.717, 1.165) is 6.54 Å². The number of hydrogen-bond donors (Lipinski definition) is 2. The van der Waals surface area contributed by atoms with Gasteiger partial charge in [-0.2, -0.15) is 0 Å². The zero-order valence-corrected chi connectivity index (χ0v) is 14.1. The van der Waals surface area contributed by atoms with Gasteiger partial charge in [0, 0.05) is 12.1 Å². The summed E-state index contributed by atoms with van der Waals surface area (Å²) in [5, 5.41) is 3.24. The number of benzene rings is 1. The Kier molecular flexibility index (Phi) is 6.40. The fourth-order valence-electron chi connectivity index (χ4n) is 2.21. The highest BCUT2D eigenvalue weighted by Crippen LogP contribution is 2.23. The second-order valence-corrected chi connectivity index (χ2v) is 7.29. The molecule has 0 aromatic heterocycles. The van der Waals surface area contributed by atoms with E-state index in [9.17, 15) is 12.8 Å². The molecule has 2 atom stereocenters. The fraction of sp³-hybridized carbons (Fsp3) is 0.500. The van der Waals surface area contributed by atoms with Gasteiger partial charge in [-0.05, 0) is 54.4 Å². The first kappa shape index (κ1) is 17.8. The molecular weight excluding hydrogens is 371 g/mol. The molecule has 114 valence electrons. The number of rotatable bonds is 3. The molecule has 0 aliphatic carbocycles. The van der Waals surface area contributed by atoms with E-state index < -0.39 is 15.8 Å². The van der Waals surface area contributed by atoms with Gasteiger partial charge < -0.3 is 5.32 Å². The van der Waals surface area contributed by atoms with Gasteiger partial charge in [-0.25, -0.2) is 17.5 Å². The van der Waals surface area contributed by atoms with E-state index in [-0.39, 0.29) is 33.9 Å². The molecule has 0 bridgehead atoms. The lowest BCUT2D eigenvalue weighted by atomic mass is 10.0. The standard InChI is InChI=1S/C12H16BrFN2O2S.ClH/c1-8-7-9(5-6-15-8)16-19(17,18)11-4-2-3-10(13)12(11)14;/h2-4,8-9,15-16H,5-7H2,1H3;1H. The molecule has 0 spiro atoms. The predicted molar refractivity (Wildman–Crippen MR) is 82.2 cm³/mol. The van der Waals surface area contributed by atoms with Crippen molar-refractivity contribution < 1.29 is 12.8 Å². The van der Waals surface area contributed by atoms with E-state index >= 15 is 0 Å². The lowest BCUT2D eigenvalue weighted by Crippen LogP contribution is -2.46. The van der Waals surface area contributed by atoms with E-state index in [4.69, 9.17) is 0 Å². The molecule has 1 saturated heterocycles. The topological polar surface area (TPSA) is 58.2 Å². The molecule has 1 aliphatic rings. The highest BCUT2D eigenvalue weighted by atomic mass is 79.9. The van der Waals surface area contributed by atoms with Gasteiger partial charge in [0.05, 0.1) is 4.47 Å². The SMILES string of the molecule is CC1CC(NS(=O)(=O)c2cccc(Br)c2F)CCN1.Cl. The number of sulfonamides is 1. The summed E-state index contributed by atoms with van der Waals surface area (Å²) >= 11 is 3.00. The third-order valence-electron chi connectivity index (χ3n) is 3.15. The summed E-state index contributed by atoms with van der Waals surface area (Å²) in [6, 6.07) is 4.36. The van der Waals surface area contributed by atoms with Gasteiger partial charge in [0.2, 0.25) is 10.0 Å². The lowest BCUT2D eigenvalue weighted by molar-refractivity contribution is 0.361. The zero-order chi connectivity index (χ0) is 14.0. The van der Waals surface area contributed by atoms with Crippen LogP contribution in [0.5, 0.6) is 0 Å². The minimum atomic E-state index is -3.82. The summed E-state index contributed by atoms with van der Waals surface area (Å²) in [7, 11) is -3.82. The molecule has 20 heavy (non-hydrogen) atoms. The molecule has 1 heterocycles. The molecule has 1 aliphatic heterocycles. The van der Waals surface area contributed by atoms with Crippen LogP contribution < -0.4 is 10.0 Å². The zero-order valence-electron chi connectivity index (χ0n) is 10.9. The van der Waals surface area contributed by atoms with Gasteiger partial charge in [0.15, 0.2) is 5.82 Å². The minimum absolute atomic E-state index is 0. The predicted octanol–water partition coefficient (Wildman–Crippen LogP) is 2.43. The van der Waals surface area contributed by atoms with Crippen molar-refractivity contribution in [2.45, 2.75) is 36.7 Å². The third-order valence-corrected chi connectivity index (χ3v) is 5.30. The van der Waals surface area contributed by atoms with Crippen molar-refractivity contribution in [2.75, 3.05) is 6.54 Å². The summed E-state index contributed by atoms with van der Waals surface area (Å²) in [5.74, 6) is -0.753. The molecule has 2 unspecified atom stereocenters. The van der Waals surface area contributed by atoms with Crippen LogP contribution in [0, 0.1) is 5.82 Å². The van der Waals surface area contributed by atoms with Crippen molar-refractivity contribution in [3.8, 4) is 0 Å². The molecule has 2 N–H and O–H groups in total. The van der Waals surface area contributed by atoms with Crippen molar-refractivity contribution in [3.05, 3.63) is 28.5 Å². The molecule has 1 aromatic rings. The normalized spacial score (nSPS) is 23.1. The maximum Gasteiger partial charge on any atom is 0.243 e. The Balaban J connectivity index is 0.00000200. The van der Waals surface area contributed by atoms with Crippen LogP contribution in [0.1, 0.15) is 19.8 Å². The first-order valence-corrected chi connectivity index (χ1v) is 8.37. The molecule has 0 saturated carbocycles. The average molecular weight is 388 g/mol. The van der Waals surface area contributed by atoms with E-state index in [2.05, 4.69) is 26.0 Å². The van der Waals surface area contributed by atoms with Crippen molar-refractivity contribution in [1.82, 2.24) is 10.0 Å². The smallest absolute Gasteiger partial charge is 0.243 e. The lowest BCUT2D eigenvalue weighted by Gasteiger charge is -2.28. The largest absolute Gasteiger partial charge is 0.314 e. The van der Waals surface area contributed by atoms with Gasteiger partial charge in [0.1, 0.15) is 4.90 Å². The van der Waals surface area contributed by atoms with Crippen molar-refractivity contribution in [2.24, 2.45) is 0 Å². The van der Waals surface area contributed by atoms with Gasteiger partial charge in [-0.1, -0.05) is 6.07 Å². The van der Waals surface area contributed by atoms with E-state index in [1.165, 1.54) is 18.2 Å². The number of hydrogen-bond acceptors (Lipinski definition) is 3. The van der Waals surface area contributed by atoms with E-state index in [1.807, 2.05) is 6.92 Å². The maximum atomic E-state index is 13.8. The van der Waals surface area contributed by atoms with Crippen LogP contribution in [0.2, 0.25) is 0 Å². The van der Waals surface area contributed by atoms with Crippen LogP contribution in [0.3, 0.4) is 0 Å². The molecule has 0 radical (unpaired) electrons. The Morgan fingerprint density at radius 2 is 2.15 bits per heavy atom. The summed E-state index contributed by atoms with van der Waals surface area (Å²) in [6.45, 7) is 2.76. The Morgan fingerprint density at radius 1 is 1.45 bits per heavy atom. The van der Waals surface area contributed by atoms with Crippen LogP contribution in [0.4, 0.5) is 4.39 Å². The van der Waals surface area contributed by atoms with Crippen molar-refractivity contribution in [1.29, 1.82) is 0 Å².